The third kappa shape index (κ3) is 1.57. The van der Waals surface area contributed by atoms with Gasteiger partial charge < -0.3 is 9.47 Å². The number of rotatable bonds is 2. The zero-order chi connectivity index (χ0) is 11.0. The molecule has 0 spiro atoms. The van der Waals surface area contributed by atoms with Crippen LogP contribution in [0.4, 0.5) is 0 Å². The van der Waals surface area contributed by atoms with Gasteiger partial charge in [0.2, 0.25) is 0 Å². The maximum absolute atomic E-state index is 10.8. The summed E-state index contributed by atoms with van der Waals surface area (Å²) in [5.41, 5.74) is 1.44. The second-order valence-electron chi connectivity index (χ2n) is 3.55. The molecule has 0 fully saturated rings. The smallest absolute Gasteiger partial charge is 0.153 e. The van der Waals surface area contributed by atoms with Crippen molar-refractivity contribution in [3.63, 3.8) is 0 Å². The highest BCUT2D eigenvalue weighted by Gasteiger charge is 2.26. The minimum atomic E-state index is 0.101. The first-order valence-electron chi connectivity index (χ1n) is 4.68. The van der Waals surface area contributed by atoms with Gasteiger partial charge in [-0.3, -0.25) is 4.79 Å². The van der Waals surface area contributed by atoms with Gasteiger partial charge >= 0.3 is 0 Å². The molecule has 1 aromatic carbocycles. The number of halogens is 1. The van der Waals surface area contributed by atoms with Crippen LogP contribution in [-0.4, -0.2) is 19.5 Å². The fourth-order valence-electron chi connectivity index (χ4n) is 1.82. The van der Waals surface area contributed by atoms with Crippen molar-refractivity contribution in [1.82, 2.24) is 0 Å². The average Bonchev–Trinajstić information content (AvgIpc) is 2.59. The van der Waals surface area contributed by atoms with E-state index in [0.717, 1.165) is 18.3 Å². The van der Waals surface area contributed by atoms with Gasteiger partial charge in [-0.25, -0.2) is 0 Å². The Balaban J connectivity index is 2.61. The van der Waals surface area contributed by atoms with Crippen molar-refractivity contribution in [2.45, 2.75) is 19.4 Å². The number of hydrogen-bond acceptors (Lipinski definition) is 3. The maximum Gasteiger partial charge on any atom is 0.153 e. The Kier molecular flexibility index (Phi) is 2.57. The molecule has 0 aromatic heterocycles. The number of carbonyl (C=O) groups is 1. The average molecular weight is 227 g/mol. The fourth-order valence-corrected chi connectivity index (χ4v) is 2.17. The SMILES string of the molecule is COc1c(C=O)cc2c(c1Cl)OC(C)C2. The van der Waals surface area contributed by atoms with Crippen molar-refractivity contribution in [1.29, 1.82) is 0 Å². The van der Waals surface area contributed by atoms with Crippen LogP contribution in [0.3, 0.4) is 0 Å². The summed E-state index contributed by atoms with van der Waals surface area (Å²) in [5.74, 6) is 1.03. The van der Waals surface area contributed by atoms with Gasteiger partial charge in [-0.05, 0) is 13.0 Å². The van der Waals surface area contributed by atoms with Crippen LogP contribution < -0.4 is 9.47 Å². The third-order valence-electron chi connectivity index (χ3n) is 2.44. The van der Waals surface area contributed by atoms with Crippen LogP contribution in [0.1, 0.15) is 22.8 Å². The van der Waals surface area contributed by atoms with E-state index in [0.29, 0.717) is 22.1 Å². The van der Waals surface area contributed by atoms with E-state index in [1.54, 1.807) is 6.07 Å². The molecule has 80 valence electrons. The molecule has 0 bridgehead atoms. The molecule has 0 radical (unpaired) electrons. The second-order valence-corrected chi connectivity index (χ2v) is 3.93. The van der Waals surface area contributed by atoms with Crippen molar-refractivity contribution >= 4 is 17.9 Å². The summed E-state index contributed by atoms with van der Waals surface area (Å²) in [5, 5.41) is 0.390. The van der Waals surface area contributed by atoms with E-state index < -0.39 is 0 Å². The fraction of sp³-hybridized carbons (Fsp3) is 0.364. The summed E-state index contributed by atoms with van der Waals surface area (Å²) in [6.07, 6.45) is 1.62. The molecule has 2 rings (SSSR count). The lowest BCUT2D eigenvalue weighted by molar-refractivity contribution is 0.112. The maximum atomic E-state index is 10.8. The molecule has 1 aliphatic rings. The van der Waals surface area contributed by atoms with Crippen LogP contribution in [0.5, 0.6) is 11.5 Å². The van der Waals surface area contributed by atoms with Crippen LogP contribution in [0.15, 0.2) is 6.07 Å². The Hall–Kier alpha value is -1.22. The first-order chi connectivity index (χ1) is 7.17. The Morgan fingerprint density at radius 1 is 1.67 bits per heavy atom. The van der Waals surface area contributed by atoms with Crippen molar-refractivity contribution < 1.29 is 14.3 Å². The molecular formula is C11H11ClO3. The molecule has 0 saturated heterocycles. The van der Waals surface area contributed by atoms with Crippen molar-refractivity contribution in [3.05, 3.63) is 22.2 Å². The lowest BCUT2D eigenvalue weighted by Crippen LogP contribution is -2.05. The molecular weight excluding hydrogens is 216 g/mol. The number of aldehydes is 1. The topological polar surface area (TPSA) is 35.5 Å². The largest absolute Gasteiger partial charge is 0.494 e. The molecule has 4 heteroatoms. The van der Waals surface area contributed by atoms with Crippen LogP contribution in [0.2, 0.25) is 5.02 Å². The minimum absolute atomic E-state index is 0.101. The van der Waals surface area contributed by atoms with Gasteiger partial charge in [0.25, 0.3) is 0 Å². The van der Waals surface area contributed by atoms with E-state index in [2.05, 4.69) is 0 Å². The summed E-state index contributed by atoms with van der Waals surface area (Å²) in [7, 11) is 1.49. The molecule has 0 N–H and O–H groups in total. The van der Waals surface area contributed by atoms with Crippen molar-refractivity contribution in [3.8, 4) is 11.5 Å². The molecule has 1 aliphatic heterocycles. The third-order valence-corrected chi connectivity index (χ3v) is 2.78. The van der Waals surface area contributed by atoms with Crippen LogP contribution in [0, 0.1) is 0 Å². The first kappa shape index (κ1) is 10.3. The molecule has 15 heavy (non-hydrogen) atoms. The molecule has 0 aliphatic carbocycles. The van der Waals surface area contributed by atoms with E-state index >= 15 is 0 Å². The number of methoxy groups -OCH3 is 1. The van der Waals surface area contributed by atoms with Gasteiger partial charge in [0.15, 0.2) is 12.0 Å². The molecule has 1 aromatic rings. The summed E-state index contributed by atoms with van der Waals surface area (Å²) >= 11 is 6.09. The standard InChI is InChI=1S/C11H11ClO3/c1-6-3-7-4-8(5-13)10(14-2)9(12)11(7)15-6/h4-6H,3H2,1-2H3. The van der Waals surface area contributed by atoms with Crippen LogP contribution >= 0.6 is 11.6 Å². The molecule has 1 unspecified atom stereocenters. The van der Waals surface area contributed by atoms with E-state index in [4.69, 9.17) is 21.1 Å². The van der Waals surface area contributed by atoms with Crippen LogP contribution in [0.25, 0.3) is 0 Å². The van der Waals surface area contributed by atoms with E-state index in [-0.39, 0.29) is 6.10 Å². The Labute approximate surface area is 92.9 Å². The normalized spacial score (nSPS) is 18.2. The molecule has 1 heterocycles. The Bertz CT molecular complexity index is 415. The van der Waals surface area contributed by atoms with Gasteiger partial charge in [-0.15, -0.1) is 0 Å². The Morgan fingerprint density at radius 2 is 2.40 bits per heavy atom. The van der Waals surface area contributed by atoms with E-state index in [1.165, 1.54) is 7.11 Å². The number of hydrogen-bond donors (Lipinski definition) is 0. The highest BCUT2D eigenvalue weighted by Crippen LogP contribution is 2.43. The Morgan fingerprint density at radius 3 is 3.00 bits per heavy atom. The van der Waals surface area contributed by atoms with Gasteiger partial charge in [0.05, 0.1) is 12.7 Å². The summed E-state index contributed by atoms with van der Waals surface area (Å²) in [6, 6.07) is 1.77. The number of carbonyl (C=O) groups excluding carboxylic acids is 1. The molecule has 1 atom stereocenters. The van der Waals surface area contributed by atoms with E-state index in [1.807, 2.05) is 6.92 Å². The highest BCUT2D eigenvalue weighted by atomic mass is 35.5. The monoisotopic (exact) mass is 226 g/mol. The number of ether oxygens (including phenoxy) is 2. The van der Waals surface area contributed by atoms with Gasteiger partial charge in [-0.1, -0.05) is 11.6 Å². The van der Waals surface area contributed by atoms with Crippen molar-refractivity contribution in [2.75, 3.05) is 7.11 Å². The van der Waals surface area contributed by atoms with E-state index in [9.17, 15) is 4.79 Å². The lowest BCUT2D eigenvalue weighted by Gasteiger charge is -2.10. The predicted molar refractivity (Wildman–Crippen MR) is 57.2 cm³/mol. The second kappa shape index (κ2) is 3.74. The molecule has 3 nitrogen and oxygen atoms in total. The molecule has 0 amide bonds. The zero-order valence-electron chi connectivity index (χ0n) is 8.54. The minimum Gasteiger partial charge on any atom is -0.494 e. The van der Waals surface area contributed by atoms with Gasteiger partial charge in [0, 0.05) is 12.0 Å². The quantitative estimate of drug-likeness (QED) is 0.727. The number of fused-ring (bicyclic) bond motifs is 1. The highest BCUT2D eigenvalue weighted by molar-refractivity contribution is 6.34. The van der Waals surface area contributed by atoms with Gasteiger partial charge in [0.1, 0.15) is 16.9 Å². The predicted octanol–water partition coefficient (Wildman–Crippen LogP) is 2.48. The van der Waals surface area contributed by atoms with Crippen LogP contribution in [-0.2, 0) is 6.42 Å². The molecule has 0 saturated carbocycles. The number of benzene rings is 1. The first-order valence-corrected chi connectivity index (χ1v) is 5.06. The summed E-state index contributed by atoms with van der Waals surface area (Å²) in [6.45, 7) is 1.96. The lowest BCUT2D eigenvalue weighted by atomic mass is 10.1. The van der Waals surface area contributed by atoms with Gasteiger partial charge in [-0.2, -0.15) is 0 Å². The zero-order valence-corrected chi connectivity index (χ0v) is 9.30. The summed E-state index contributed by atoms with van der Waals surface area (Å²) < 4.78 is 10.6. The summed E-state index contributed by atoms with van der Waals surface area (Å²) in [4.78, 5) is 10.8. The van der Waals surface area contributed by atoms with Crippen molar-refractivity contribution in [2.24, 2.45) is 0 Å².